The number of hydrazone groups is 1. The number of hydrogen-bond donors (Lipinski definition) is 1. The van der Waals surface area contributed by atoms with Gasteiger partial charge in [-0.15, -0.1) is 0 Å². The van der Waals surface area contributed by atoms with Crippen molar-refractivity contribution in [1.29, 1.82) is 0 Å². The zero-order valence-electron chi connectivity index (χ0n) is 19.6. The quantitative estimate of drug-likeness (QED) is 0.313. The van der Waals surface area contributed by atoms with Crippen LogP contribution in [-0.4, -0.2) is 25.9 Å². The lowest BCUT2D eigenvalue weighted by atomic mass is 10.1. The van der Waals surface area contributed by atoms with E-state index in [0.29, 0.717) is 22.8 Å². The third kappa shape index (κ3) is 3.97. The number of aromatic nitrogens is 2. The second-order valence-electron chi connectivity index (χ2n) is 8.36. The molecule has 1 aliphatic rings. The molecule has 0 atom stereocenters. The third-order valence-corrected chi connectivity index (χ3v) is 6.29. The first-order valence-corrected chi connectivity index (χ1v) is 11.7. The number of nitrogens with zero attached hydrogens (tertiary/aromatic N) is 4. The van der Waals surface area contributed by atoms with E-state index in [1.165, 1.54) is 20.2 Å². The monoisotopic (exact) mass is 494 g/mol. The SMILES string of the molecule is CC1=NN(c2ccc(C)cc2)C(=O)/C1=C\c1c(O)n(-c2ccccc2)c(=S)n(-c2ccccc2)c1=O. The van der Waals surface area contributed by atoms with Crippen LogP contribution in [0.5, 0.6) is 5.88 Å². The molecule has 0 unspecified atom stereocenters. The Morgan fingerprint density at radius 2 is 1.33 bits per heavy atom. The van der Waals surface area contributed by atoms with Crippen LogP contribution >= 0.6 is 12.2 Å². The van der Waals surface area contributed by atoms with Crippen molar-refractivity contribution in [3.05, 3.63) is 117 Å². The Labute approximate surface area is 212 Å². The predicted octanol–water partition coefficient (Wildman–Crippen LogP) is 5.18. The van der Waals surface area contributed by atoms with E-state index in [9.17, 15) is 14.7 Å². The van der Waals surface area contributed by atoms with Gasteiger partial charge in [0.2, 0.25) is 5.88 Å². The summed E-state index contributed by atoms with van der Waals surface area (Å²) in [6.45, 7) is 3.65. The molecule has 1 N–H and O–H groups in total. The van der Waals surface area contributed by atoms with Crippen LogP contribution in [0.1, 0.15) is 18.1 Å². The fraction of sp³-hybridized carbons (Fsp3) is 0.0714. The molecule has 8 heteroatoms. The number of amides is 1. The molecular weight excluding hydrogens is 472 g/mol. The summed E-state index contributed by atoms with van der Waals surface area (Å²) >= 11 is 5.66. The van der Waals surface area contributed by atoms with Crippen molar-refractivity contribution in [2.24, 2.45) is 5.10 Å². The Balaban J connectivity index is 1.73. The van der Waals surface area contributed by atoms with Gasteiger partial charge in [-0.2, -0.15) is 10.1 Å². The first-order valence-electron chi connectivity index (χ1n) is 11.3. The van der Waals surface area contributed by atoms with Crippen LogP contribution in [0.3, 0.4) is 0 Å². The summed E-state index contributed by atoms with van der Waals surface area (Å²) in [6.07, 6.45) is 1.39. The molecular formula is C28H22N4O3S. The van der Waals surface area contributed by atoms with Gasteiger partial charge in [-0.25, -0.2) is 0 Å². The number of carbonyl (C=O) groups is 1. The van der Waals surface area contributed by atoms with Crippen LogP contribution in [0, 0.1) is 11.7 Å². The minimum Gasteiger partial charge on any atom is -0.494 e. The molecule has 4 aromatic rings. The lowest BCUT2D eigenvalue weighted by molar-refractivity contribution is -0.114. The van der Waals surface area contributed by atoms with E-state index < -0.39 is 11.5 Å². The van der Waals surface area contributed by atoms with Gasteiger partial charge >= 0.3 is 0 Å². The van der Waals surface area contributed by atoms with Crippen LogP contribution in [-0.2, 0) is 4.79 Å². The average molecular weight is 495 g/mol. The van der Waals surface area contributed by atoms with Crippen LogP contribution in [0.2, 0.25) is 0 Å². The smallest absolute Gasteiger partial charge is 0.280 e. The van der Waals surface area contributed by atoms with E-state index in [1.54, 1.807) is 43.3 Å². The van der Waals surface area contributed by atoms with Crippen LogP contribution < -0.4 is 10.6 Å². The minimum atomic E-state index is -0.544. The van der Waals surface area contributed by atoms with Crippen molar-refractivity contribution >= 4 is 35.6 Å². The van der Waals surface area contributed by atoms with E-state index >= 15 is 0 Å². The molecule has 178 valence electrons. The maximum absolute atomic E-state index is 13.7. The van der Waals surface area contributed by atoms with Gasteiger partial charge in [-0.05, 0) is 68.5 Å². The Kier molecular flexibility index (Phi) is 5.95. The van der Waals surface area contributed by atoms with Gasteiger partial charge in [0.05, 0.1) is 28.3 Å². The van der Waals surface area contributed by atoms with Gasteiger partial charge in [-0.3, -0.25) is 18.7 Å². The molecule has 1 aliphatic heterocycles. The van der Waals surface area contributed by atoms with E-state index in [2.05, 4.69) is 5.10 Å². The van der Waals surface area contributed by atoms with Gasteiger partial charge in [0, 0.05) is 0 Å². The van der Waals surface area contributed by atoms with Crippen molar-refractivity contribution < 1.29 is 9.90 Å². The van der Waals surface area contributed by atoms with Gasteiger partial charge < -0.3 is 5.11 Å². The number of rotatable bonds is 4. The molecule has 0 bridgehead atoms. The summed E-state index contributed by atoms with van der Waals surface area (Å²) in [6, 6.07) is 25.4. The Hall–Kier alpha value is -4.56. The molecule has 0 spiro atoms. The molecule has 0 saturated carbocycles. The fourth-order valence-corrected chi connectivity index (χ4v) is 4.42. The minimum absolute atomic E-state index is 0.0695. The maximum atomic E-state index is 13.7. The largest absolute Gasteiger partial charge is 0.494 e. The van der Waals surface area contributed by atoms with Gasteiger partial charge in [0.1, 0.15) is 5.56 Å². The topological polar surface area (TPSA) is 79.8 Å². The molecule has 2 heterocycles. The third-order valence-electron chi connectivity index (χ3n) is 5.93. The highest BCUT2D eigenvalue weighted by Crippen LogP contribution is 2.28. The Morgan fingerprint density at radius 1 is 0.778 bits per heavy atom. The molecule has 3 aromatic carbocycles. The highest BCUT2D eigenvalue weighted by Gasteiger charge is 2.30. The summed E-state index contributed by atoms with van der Waals surface area (Å²) in [4.78, 5) is 27.0. The number of anilines is 1. The number of benzene rings is 3. The standard InChI is InChI=1S/C28H22N4O3S/c1-18-13-15-22(16-14-18)32-27(35)23(19(2)29-32)17-24-25(33)30(20-9-5-3-6-10-20)28(36)31(26(24)34)21-11-7-4-8-12-21/h3-17,33H,1-2H3/b23-17-. The van der Waals surface area contributed by atoms with Crippen molar-refractivity contribution in [3.8, 4) is 17.3 Å². The van der Waals surface area contributed by atoms with Gasteiger partial charge in [0.25, 0.3) is 11.5 Å². The van der Waals surface area contributed by atoms with Crippen molar-refractivity contribution in [1.82, 2.24) is 9.13 Å². The molecule has 7 nitrogen and oxygen atoms in total. The van der Waals surface area contributed by atoms with Crippen LogP contribution in [0.4, 0.5) is 5.69 Å². The summed E-state index contributed by atoms with van der Waals surface area (Å²) in [5.74, 6) is -0.750. The number of para-hydroxylation sites is 2. The highest BCUT2D eigenvalue weighted by atomic mass is 32.1. The number of aromatic hydroxyl groups is 1. The molecule has 5 rings (SSSR count). The normalized spacial score (nSPS) is 14.4. The van der Waals surface area contributed by atoms with Crippen molar-refractivity contribution in [2.75, 3.05) is 5.01 Å². The highest BCUT2D eigenvalue weighted by molar-refractivity contribution is 7.71. The van der Waals surface area contributed by atoms with E-state index in [-0.39, 0.29) is 21.8 Å². The molecule has 0 radical (unpaired) electrons. The number of aryl methyl sites for hydroxylation is 1. The molecule has 0 fully saturated rings. The first-order chi connectivity index (χ1) is 17.4. The van der Waals surface area contributed by atoms with Gasteiger partial charge in [0.15, 0.2) is 4.77 Å². The van der Waals surface area contributed by atoms with E-state index in [0.717, 1.165) is 5.56 Å². The second-order valence-corrected chi connectivity index (χ2v) is 8.73. The van der Waals surface area contributed by atoms with Crippen LogP contribution in [0.25, 0.3) is 17.5 Å². The fourth-order valence-electron chi connectivity index (χ4n) is 4.04. The van der Waals surface area contributed by atoms with Crippen molar-refractivity contribution in [2.45, 2.75) is 13.8 Å². The zero-order valence-corrected chi connectivity index (χ0v) is 20.4. The maximum Gasteiger partial charge on any atom is 0.280 e. The van der Waals surface area contributed by atoms with Crippen LogP contribution in [0.15, 0.2) is 100 Å². The zero-order chi connectivity index (χ0) is 25.4. The predicted molar refractivity (Wildman–Crippen MR) is 144 cm³/mol. The molecule has 1 amide bonds. The lowest BCUT2D eigenvalue weighted by Crippen LogP contribution is -2.26. The summed E-state index contributed by atoms with van der Waals surface area (Å²) < 4.78 is 2.86. The second kappa shape index (κ2) is 9.24. The van der Waals surface area contributed by atoms with Crippen molar-refractivity contribution in [3.63, 3.8) is 0 Å². The average Bonchev–Trinajstić information content (AvgIpc) is 3.16. The number of hydrogen-bond acceptors (Lipinski definition) is 5. The number of carbonyl (C=O) groups excluding carboxylic acids is 1. The van der Waals surface area contributed by atoms with Gasteiger partial charge in [-0.1, -0.05) is 54.1 Å². The summed E-state index contributed by atoms with van der Waals surface area (Å²) in [5.41, 5.74) is 2.81. The molecule has 36 heavy (non-hydrogen) atoms. The molecule has 0 aliphatic carbocycles. The van der Waals surface area contributed by atoms with E-state index in [4.69, 9.17) is 12.2 Å². The Bertz CT molecular complexity index is 1650. The molecule has 1 aromatic heterocycles. The summed E-state index contributed by atoms with van der Waals surface area (Å²) in [5, 5.41) is 17.0. The van der Waals surface area contributed by atoms with E-state index in [1.807, 2.05) is 55.5 Å². The molecule has 0 saturated heterocycles. The Morgan fingerprint density at radius 3 is 1.92 bits per heavy atom. The summed E-state index contributed by atoms with van der Waals surface area (Å²) in [7, 11) is 0. The first kappa shape index (κ1) is 23.2. The lowest BCUT2D eigenvalue weighted by Gasteiger charge is -2.17.